The summed E-state index contributed by atoms with van der Waals surface area (Å²) in [4.78, 5) is 177. The Morgan fingerprint density at radius 3 is 1.28 bits per heavy atom. The summed E-state index contributed by atoms with van der Waals surface area (Å²) in [6.45, 7) is 10.6. The van der Waals surface area contributed by atoms with E-state index in [9.17, 15) is 77.6 Å². The summed E-state index contributed by atoms with van der Waals surface area (Å²) in [5.41, 5.74) is 33.5. The number of rotatable bonds is 57. The summed E-state index contributed by atoms with van der Waals surface area (Å²) in [7, 11) is 0. The maximum Gasteiger partial charge on any atom is 0.328 e. The summed E-state index contributed by atoms with van der Waals surface area (Å²) >= 11 is 0. The van der Waals surface area contributed by atoms with Crippen LogP contribution in [-0.2, 0) is 62.3 Å². The number of aliphatic hydroxyl groups is 2. The molecule has 0 unspecified atom stereocenters. The van der Waals surface area contributed by atoms with Crippen LogP contribution in [0.5, 0.6) is 0 Å². The van der Waals surface area contributed by atoms with Crippen molar-refractivity contribution in [2.24, 2.45) is 45.3 Å². The first kappa shape index (κ1) is 91.2. The molecule has 34 nitrogen and oxygen atoms in total. The van der Waals surface area contributed by atoms with E-state index in [1.165, 1.54) is 66.2 Å². The maximum absolute atomic E-state index is 14.2. The van der Waals surface area contributed by atoms with Gasteiger partial charge in [0.2, 0.25) is 70.9 Å². The Balaban J connectivity index is 6.60. The number of carbonyl (C=O) groups is 13. The van der Waals surface area contributed by atoms with E-state index in [2.05, 4.69) is 70.4 Å². The molecule has 0 aromatic carbocycles. The SMILES string of the molecule is CCCCCCCCCCCCCC(=O)NCCCC[C@H](NC(=O)[C@@H](NC(=O)[C@H](C)NC(=O)[C@H](CC(C)C)NC(=O)[C@H](CCC(N)=O)NC(=O)[C@@H](N)CCCCN)[C@@H](C)O)C(=O)N[C@@H](C)C(=O)N[C@@H](C)C(=O)N[C@@H](CCCN=C(N)N)C(=O)N[C@@H](CCCCN)C(=O)N[C@@H](CO)C(=O)O. The van der Waals surface area contributed by atoms with E-state index in [1.807, 2.05) is 0 Å². The van der Waals surface area contributed by atoms with Crippen LogP contribution in [0.2, 0.25) is 0 Å². The first-order valence-electron chi connectivity index (χ1n) is 35.2. The molecular weight excluding hydrogens is 1290 g/mol. The number of carboxylic acid groups (broad SMARTS) is 1. The lowest BCUT2D eigenvalue weighted by Gasteiger charge is -2.28. The molecule has 12 atom stereocenters. The number of unbranched alkanes of at least 4 members (excludes halogenated alkanes) is 13. The monoisotopic (exact) mass is 1410 g/mol. The van der Waals surface area contributed by atoms with E-state index >= 15 is 0 Å². The smallest absolute Gasteiger partial charge is 0.328 e. The summed E-state index contributed by atoms with van der Waals surface area (Å²) in [5.74, 6) is -11.9. The highest BCUT2D eigenvalue weighted by molar-refractivity contribution is 5.99. The topological polar surface area (TPSA) is 583 Å². The van der Waals surface area contributed by atoms with Gasteiger partial charge < -0.3 is 108 Å². The van der Waals surface area contributed by atoms with Crippen LogP contribution < -0.4 is 92.9 Å². The minimum absolute atomic E-state index is 0.00751. The molecule has 0 aliphatic carbocycles. The minimum atomic E-state index is -1.77. The lowest BCUT2D eigenvalue weighted by molar-refractivity contribution is -0.143. The zero-order valence-corrected chi connectivity index (χ0v) is 59.5. The number of aliphatic hydroxyl groups excluding tert-OH is 2. The molecule has 99 heavy (non-hydrogen) atoms. The Hall–Kier alpha value is -7.82. The largest absolute Gasteiger partial charge is 0.480 e. The number of carboxylic acids is 1. The second-order valence-electron chi connectivity index (χ2n) is 25.7. The van der Waals surface area contributed by atoms with Crippen molar-refractivity contribution in [2.45, 2.75) is 288 Å². The van der Waals surface area contributed by atoms with Gasteiger partial charge in [0, 0.05) is 25.9 Å². The quantitative estimate of drug-likeness (QED) is 0.0167. The molecule has 0 rings (SSSR count). The van der Waals surface area contributed by atoms with Crippen LogP contribution in [0.25, 0.3) is 0 Å². The molecule has 568 valence electrons. The number of hydrogen-bond acceptors (Lipinski definition) is 19. The van der Waals surface area contributed by atoms with Gasteiger partial charge in [0.1, 0.15) is 60.4 Å². The molecule has 0 heterocycles. The standard InChI is InChI=1S/C65H122N18O16/c1-8-9-10-11-12-13-14-15-16-17-18-30-52(87)72-35-24-21-28-45(58(92)75-40(4)54(88)74-41(5)55(89)77-47(29-25-36-73-65(70)71)59(93)79-46(27-20-23-34-67)60(94)82-50(38-84)64(98)99)80-63(97)53(43(7)85)83-56(90)42(6)76-62(96)49(37-39(2)3)81-61(95)48(31-32-51(69)86)78-57(91)44(68)26-19-22-33-66/h39-50,53,84-85H,8-38,66-68H2,1-7H3,(H2,69,86)(H,72,87)(H,74,88)(H,75,92)(H,76,96)(H,77,89)(H,78,91)(H,79,93)(H,80,97)(H,81,95)(H,82,94)(H,83,90)(H,98,99)(H4,70,71,73)/t40-,41-,42-,43+,44-,45-,46-,47-,48-,49-,50-,53-/m0/s1. The van der Waals surface area contributed by atoms with Crippen molar-refractivity contribution in [3.8, 4) is 0 Å². The number of carbonyl (C=O) groups excluding carboxylic acids is 12. The van der Waals surface area contributed by atoms with Gasteiger partial charge in [-0.2, -0.15) is 0 Å². The highest BCUT2D eigenvalue weighted by atomic mass is 16.4. The van der Waals surface area contributed by atoms with Crippen molar-refractivity contribution in [3.05, 3.63) is 0 Å². The van der Waals surface area contributed by atoms with Crippen LogP contribution in [0.4, 0.5) is 0 Å². The van der Waals surface area contributed by atoms with Gasteiger partial charge in [-0.3, -0.25) is 62.5 Å². The van der Waals surface area contributed by atoms with E-state index in [0.717, 1.165) is 32.1 Å². The van der Waals surface area contributed by atoms with E-state index in [1.54, 1.807) is 13.8 Å². The van der Waals surface area contributed by atoms with Gasteiger partial charge in [0.25, 0.3) is 0 Å². The third-order valence-electron chi connectivity index (χ3n) is 16.1. The Labute approximate surface area is 583 Å². The van der Waals surface area contributed by atoms with Crippen LogP contribution in [0.3, 0.4) is 0 Å². The van der Waals surface area contributed by atoms with Crippen molar-refractivity contribution in [1.29, 1.82) is 0 Å². The first-order chi connectivity index (χ1) is 46.8. The molecule has 0 radical (unpaired) electrons. The number of amides is 12. The van der Waals surface area contributed by atoms with E-state index in [-0.39, 0.29) is 95.2 Å². The summed E-state index contributed by atoms with van der Waals surface area (Å²) in [5, 5.41) is 57.5. The van der Waals surface area contributed by atoms with Gasteiger partial charge in [-0.25, -0.2) is 4.79 Å². The Kier molecular flexibility index (Phi) is 48.9. The van der Waals surface area contributed by atoms with Crippen molar-refractivity contribution in [1.82, 2.24) is 58.5 Å². The third-order valence-corrected chi connectivity index (χ3v) is 16.1. The number of nitrogens with zero attached hydrogens (tertiary/aromatic N) is 1. The Morgan fingerprint density at radius 2 is 0.808 bits per heavy atom. The molecule has 0 bridgehead atoms. The van der Waals surface area contributed by atoms with Crippen LogP contribution in [0.1, 0.15) is 215 Å². The van der Waals surface area contributed by atoms with Gasteiger partial charge in [-0.05, 0) is 130 Å². The van der Waals surface area contributed by atoms with Crippen LogP contribution in [0, 0.1) is 5.92 Å². The van der Waals surface area contributed by atoms with E-state index in [4.69, 9.17) is 34.4 Å². The molecule has 0 aliphatic heterocycles. The number of guanidine groups is 1. The molecule has 34 heteroatoms. The molecule has 0 spiro atoms. The minimum Gasteiger partial charge on any atom is -0.480 e. The first-order valence-corrected chi connectivity index (χ1v) is 35.2. The molecule has 0 aromatic heterocycles. The van der Waals surface area contributed by atoms with E-state index in [0.29, 0.717) is 45.1 Å². The fraction of sp³-hybridized carbons (Fsp3) is 0.785. The summed E-state index contributed by atoms with van der Waals surface area (Å²) in [6, 6.07) is -15.6. The van der Waals surface area contributed by atoms with Gasteiger partial charge in [-0.1, -0.05) is 91.4 Å². The average molecular weight is 1410 g/mol. The van der Waals surface area contributed by atoms with Crippen LogP contribution in [0.15, 0.2) is 4.99 Å². The lowest BCUT2D eigenvalue weighted by atomic mass is 10.0. The molecule has 0 fully saturated rings. The summed E-state index contributed by atoms with van der Waals surface area (Å²) in [6.07, 6.45) is 13.1. The molecule has 12 amide bonds. The Bertz CT molecular complexity index is 2530. The molecule has 26 N–H and O–H groups in total. The maximum atomic E-state index is 14.2. The number of primary amides is 1. The molecule has 0 saturated carbocycles. The van der Waals surface area contributed by atoms with Crippen LogP contribution in [-0.4, -0.2) is 203 Å². The third kappa shape index (κ3) is 42.0. The fourth-order valence-electron chi connectivity index (χ4n) is 10.1. The van der Waals surface area contributed by atoms with Gasteiger partial charge in [0.05, 0.1) is 18.8 Å². The van der Waals surface area contributed by atoms with Gasteiger partial charge in [0.15, 0.2) is 5.96 Å². The number of hydrogen-bond donors (Lipinski definition) is 20. The van der Waals surface area contributed by atoms with Crippen molar-refractivity contribution < 1.29 is 77.6 Å². The second kappa shape index (κ2) is 53.1. The van der Waals surface area contributed by atoms with Gasteiger partial charge in [-0.15, -0.1) is 0 Å². The molecule has 0 saturated heterocycles. The van der Waals surface area contributed by atoms with E-state index < -0.39 is 150 Å². The average Bonchev–Trinajstić information content (AvgIpc) is 0.879. The predicted molar refractivity (Wildman–Crippen MR) is 372 cm³/mol. The van der Waals surface area contributed by atoms with Gasteiger partial charge >= 0.3 is 5.97 Å². The van der Waals surface area contributed by atoms with Crippen molar-refractivity contribution in [3.63, 3.8) is 0 Å². The van der Waals surface area contributed by atoms with Crippen molar-refractivity contribution in [2.75, 3.05) is 32.8 Å². The summed E-state index contributed by atoms with van der Waals surface area (Å²) < 4.78 is 0. The molecule has 0 aliphatic rings. The fourth-order valence-corrected chi connectivity index (χ4v) is 10.1. The van der Waals surface area contributed by atoms with Crippen molar-refractivity contribution >= 4 is 82.8 Å². The predicted octanol–water partition coefficient (Wildman–Crippen LogP) is -2.71. The zero-order chi connectivity index (χ0) is 75.0. The number of nitrogens with one attached hydrogen (secondary N) is 11. The normalized spacial score (nSPS) is 14.8. The molecular formula is C65H122N18O16. The zero-order valence-electron chi connectivity index (χ0n) is 59.5. The molecule has 0 aromatic rings. The second-order valence-corrected chi connectivity index (χ2v) is 25.7. The number of aliphatic imine (C=N–C) groups is 1. The van der Waals surface area contributed by atoms with Crippen LogP contribution >= 0.6 is 0 Å². The highest BCUT2D eigenvalue weighted by Gasteiger charge is 2.36. The number of nitrogens with two attached hydrogens (primary N) is 6. The Morgan fingerprint density at radius 1 is 0.414 bits per heavy atom. The highest BCUT2D eigenvalue weighted by Crippen LogP contribution is 2.14. The lowest BCUT2D eigenvalue weighted by Crippen LogP contribution is -2.61. The number of aliphatic carboxylic acids is 1.